The second kappa shape index (κ2) is 8.58. The summed E-state index contributed by atoms with van der Waals surface area (Å²) in [6.07, 6.45) is 2.40. The summed E-state index contributed by atoms with van der Waals surface area (Å²) in [5.74, 6) is 0.193. The van der Waals surface area contributed by atoms with Crippen LogP contribution >= 0.6 is 0 Å². The number of likely N-dealkylation sites (tertiary alicyclic amines) is 1. The van der Waals surface area contributed by atoms with Gasteiger partial charge in [-0.1, -0.05) is 48.5 Å². The van der Waals surface area contributed by atoms with Gasteiger partial charge >= 0.3 is 0 Å². The SMILES string of the molecule is O=C(CCN1CCC(NC(=O)c2ccccc2)CC1)c1ccccc1. The molecule has 1 N–H and O–H groups in total. The van der Waals surface area contributed by atoms with Gasteiger partial charge < -0.3 is 10.2 Å². The molecule has 1 heterocycles. The minimum absolute atomic E-state index is 0.00157. The van der Waals surface area contributed by atoms with Crippen LogP contribution in [0.25, 0.3) is 0 Å². The lowest BCUT2D eigenvalue weighted by Crippen LogP contribution is -2.45. The number of hydrogen-bond donors (Lipinski definition) is 1. The highest BCUT2D eigenvalue weighted by Gasteiger charge is 2.21. The number of ketones is 1. The number of nitrogens with zero attached hydrogens (tertiary/aromatic N) is 1. The third-order valence-corrected chi connectivity index (χ3v) is 4.71. The molecule has 0 aromatic heterocycles. The maximum atomic E-state index is 12.2. The number of carbonyl (C=O) groups excluding carboxylic acids is 2. The van der Waals surface area contributed by atoms with Crippen molar-refractivity contribution in [3.05, 3.63) is 71.8 Å². The van der Waals surface area contributed by atoms with Crippen LogP contribution in [-0.2, 0) is 0 Å². The Morgan fingerprint density at radius 1 is 0.880 bits per heavy atom. The zero-order valence-electron chi connectivity index (χ0n) is 14.4. The number of carbonyl (C=O) groups is 2. The van der Waals surface area contributed by atoms with Crippen molar-refractivity contribution in [2.24, 2.45) is 0 Å². The van der Waals surface area contributed by atoms with Gasteiger partial charge in [-0.3, -0.25) is 9.59 Å². The summed E-state index contributed by atoms with van der Waals surface area (Å²) in [6.45, 7) is 2.62. The molecule has 1 amide bonds. The Morgan fingerprint density at radius 3 is 2.04 bits per heavy atom. The fraction of sp³-hybridized carbons (Fsp3) is 0.333. The van der Waals surface area contributed by atoms with E-state index in [0.29, 0.717) is 12.0 Å². The van der Waals surface area contributed by atoms with E-state index in [4.69, 9.17) is 0 Å². The minimum atomic E-state index is -0.00157. The second-order valence-corrected chi connectivity index (χ2v) is 6.49. The van der Waals surface area contributed by atoms with E-state index in [-0.39, 0.29) is 17.7 Å². The first-order chi connectivity index (χ1) is 12.2. The lowest BCUT2D eigenvalue weighted by Gasteiger charge is -2.32. The van der Waals surface area contributed by atoms with Crippen molar-refractivity contribution in [2.45, 2.75) is 25.3 Å². The van der Waals surface area contributed by atoms with E-state index in [1.165, 1.54) is 0 Å². The van der Waals surface area contributed by atoms with Crippen LogP contribution in [0, 0.1) is 0 Å². The Balaban J connectivity index is 1.40. The molecule has 1 aliphatic heterocycles. The van der Waals surface area contributed by atoms with Crippen molar-refractivity contribution in [3.8, 4) is 0 Å². The van der Waals surface area contributed by atoms with E-state index in [2.05, 4.69) is 10.2 Å². The van der Waals surface area contributed by atoms with Gasteiger partial charge in [-0.2, -0.15) is 0 Å². The molecule has 0 aliphatic carbocycles. The lowest BCUT2D eigenvalue weighted by molar-refractivity contribution is 0.0905. The number of rotatable bonds is 6. The van der Waals surface area contributed by atoms with Gasteiger partial charge in [0, 0.05) is 43.2 Å². The van der Waals surface area contributed by atoms with Gasteiger partial charge in [-0.05, 0) is 25.0 Å². The molecule has 130 valence electrons. The summed E-state index contributed by atoms with van der Waals surface area (Å²) in [6, 6.07) is 19.0. The normalized spacial score (nSPS) is 15.7. The lowest BCUT2D eigenvalue weighted by atomic mass is 10.0. The van der Waals surface area contributed by atoms with E-state index >= 15 is 0 Å². The highest BCUT2D eigenvalue weighted by molar-refractivity contribution is 5.96. The molecule has 2 aromatic carbocycles. The molecule has 0 unspecified atom stereocenters. The third kappa shape index (κ3) is 5.00. The van der Waals surface area contributed by atoms with Gasteiger partial charge in [0.05, 0.1) is 0 Å². The van der Waals surface area contributed by atoms with E-state index in [9.17, 15) is 9.59 Å². The zero-order valence-corrected chi connectivity index (χ0v) is 14.4. The van der Waals surface area contributed by atoms with Crippen molar-refractivity contribution in [2.75, 3.05) is 19.6 Å². The monoisotopic (exact) mass is 336 g/mol. The van der Waals surface area contributed by atoms with Crippen LogP contribution in [0.1, 0.15) is 40.0 Å². The van der Waals surface area contributed by atoms with Gasteiger partial charge in [0.15, 0.2) is 5.78 Å². The first kappa shape index (κ1) is 17.4. The van der Waals surface area contributed by atoms with Gasteiger partial charge in [0.1, 0.15) is 0 Å². The summed E-state index contributed by atoms with van der Waals surface area (Å²) in [5.41, 5.74) is 1.49. The van der Waals surface area contributed by atoms with Crippen molar-refractivity contribution in [1.82, 2.24) is 10.2 Å². The number of nitrogens with one attached hydrogen (secondary N) is 1. The van der Waals surface area contributed by atoms with E-state index in [1.54, 1.807) is 0 Å². The quantitative estimate of drug-likeness (QED) is 0.825. The van der Waals surface area contributed by atoms with Crippen LogP contribution in [-0.4, -0.2) is 42.3 Å². The molecule has 4 heteroatoms. The van der Waals surface area contributed by atoms with E-state index < -0.39 is 0 Å². The Bertz CT molecular complexity index is 692. The zero-order chi connectivity index (χ0) is 17.5. The number of piperidine rings is 1. The van der Waals surface area contributed by atoms with Crippen LogP contribution in [0.2, 0.25) is 0 Å². The molecule has 2 aromatic rings. The van der Waals surface area contributed by atoms with Crippen molar-refractivity contribution in [1.29, 1.82) is 0 Å². The van der Waals surface area contributed by atoms with Crippen molar-refractivity contribution >= 4 is 11.7 Å². The standard InChI is InChI=1S/C21H24N2O2/c24-20(17-7-3-1-4-8-17)13-16-23-14-11-19(12-15-23)22-21(25)18-9-5-2-6-10-18/h1-10,19H,11-16H2,(H,22,25). The first-order valence-corrected chi connectivity index (χ1v) is 8.89. The number of hydrogen-bond acceptors (Lipinski definition) is 3. The molecular weight excluding hydrogens is 312 g/mol. The fourth-order valence-corrected chi connectivity index (χ4v) is 3.19. The van der Waals surface area contributed by atoms with Crippen LogP contribution in [0.15, 0.2) is 60.7 Å². The average molecular weight is 336 g/mol. The Labute approximate surface area is 148 Å². The molecule has 1 saturated heterocycles. The minimum Gasteiger partial charge on any atom is -0.349 e. The molecule has 1 fully saturated rings. The molecule has 3 rings (SSSR count). The van der Waals surface area contributed by atoms with Gasteiger partial charge in [0.25, 0.3) is 5.91 Å². The number of amides is 1. The average Bonchev–Trinajstić information content (AvgIpc) is 2.68. The number of Topliss-reactive ketones (excluding diaryl/α,β-unsaturated/α-hetero) is 1. The highest BCUT2D eigenvalue weighted by Crippen LogP contribution is 2.13. The molecule has 1 aliphatic rings. The largest absolute Gasteiger partial charge is 0.349 e. The summed E-state index contributed by atoms with van der Waals surface area (Å²) < 4.78 is 0. The smallest absolute Gasteiger partial charge is 0.251 e. The molecule has 0 bridgehead atoms. The Morgan fingerprint density at radius 2 is 1.44 bits per heavy atom. The summed E-state index contributed by atoms with van der Waals surface area (Å²) in [7, 11) is 0. The predicted octanol–water partition coefficient (Wildman–Crippen LogP) is 3.15. The van der Waals surface area contributed by atoms with Crippen LogP contribution in [0.3, 0.4) is 0 Å². The summed E-state index contributed by atoms with van der Waals surface area (Å²) in [4.78, 5) is 26.7. The Hall–Kier alpha value is -2.46. The molecule has 0 spiro atoms. The van der Waals surface area contributed by atoms with Crippen LogP contribution in [0.5, 0.6) is 0 Å². The van der Waals surface area contributed by atoms with E-state index in [1.807, 2.05) is 60.7 Å². The molecule has 4 nitrogen and oxygen atoms in total. The van der Waals surface area contributed by atoms with Crippen molar-refractivity contribution < 1.29 is 9.59 Å². The second-order valence-electron chi connectivity index (χ2n) is 6.49. The van der Waals surface area contributed by atoms with Crippen molar-refractivity contribution in [3.63, 3.8) is 0 Å². The maximum Gasteiger partial charge on any atom is 0.251 e. The molecular formula is C21H24N2O2. The molecule has 0 atom stereocenters. The Kier molecular flexibility index (Phi) is 5.96. The molecule has 0 saturated carbocycles. The van der Waals surface area contributed by atoms with Gasteiger partial charge in [0.2, 0.25) is 0 Å². The van der Waals surface area contributed by atoms with Crippen LogP contribution in [0.4, 0.5) is 0 Å². The first-order valence-electron chi connectivity index (χ1n) is 8.89. The van der Waals surface area contributed by atoms with E-state index in [0.717, 1.165) is 38.0 Å². The topological polar surface area (TPSA) is 49.4 Å². The van der Waals surface area contributed by atoms with Crippen LogP contribution < -0.4 is 5.32 Å². The molecule has 25 heavy (non-hydrogen) atoms. The van der Waals surface area contributed by atoms with Gasteiger partial charge in [-0.15, -0.1) is 0 Å². The fourth-order valence-electron chi connectivity index (χ4n) is 3.19. The summed E-state index contributed by atoms with van der Waals surface area (Å²) in [5, 5.41) is 3.11. The van der Waals surface area contributed by atoms with Gasteiger partial charge in [-0.25, -0.2) is 0 Å². The molecule has 0 radical (unpaired) electrons. The number of benzene rings is 2. The highest BCUT2D eigenvalue weighted by atomic mass is 16.1. The summed E-state index contributed by atoms with van der Waals surface area (Å²) >= 11 is 0. The predicted molar refractivity (Wildman–Crippen MR) is 98.8 cm³/mol. The maximum absolute atomic E-state index is 12.2. The third-order valence-electron chi connectivity index (χ3n) is 4.71.